The molecule has 0 aliphatic rings. The Balaban J connectivity index is 2.63. The maximum Gasteiger partial charge on any atom is 0.396 e. The molecule has 0 spiro atoms. The van der Waals surface area contributed by atoms with E-state index >= 15 is 0 Å². The van der Waals surface area contributed by atoms with Crippen LogP contribution >= 0.6 is 11.3 Å². The van der Waals surface area contributed by atoms with Crippen LogP contribution in [0.3, 0.4) is 0 Å². The van der Waals surface area contributed by atoms with Crippen LogP contribution < -0.4 is 4.94 Å². The van der Waals surface area contributed by atoms with Crippen LogP contribution in [-0.4, -0.2) is 6.08 Å². The number of nitrogens with zero attached hydrogens (tertiary/aromatic N) is 1. The molecule has 1 aromatic carbocycles. The summed E-state index contributed by atoms with van der Waals surface area (Å²) in [5.74, 6) is 0. The van der Waals surface area contributed by atoms with Crippen molar-refractivity contribution in [1.82, 2.24) is 0 Å². The smallest absolute Gasteiger partial charge is 0.396 e. The molecule has 0 saturated carbocycles. The van der Waals surface area contributed by atoms with Crippen molar-refractivity contribution in [3.05, 3.63) is 33.5 Å². The Morgan fingerprint density at radius 3 is 3.14 bits per heavy atom. The lowest BCUT2D eigenvalue weighted by molar-refractivity contribution is 0.562. The minimum atomic E-state index is -0.345. The van der Waals surface area contributed by atoms with Gasteiger partial charge in [-0.25, -0.2) is 14.6 Å². The van der Waals surface area contributed by atoms with Gasteiger partial charge in [0.25, 0.3) is 0 Å². The zero-order valence-electron chi connectivity index (χ0n) is 7.02. The van der Waals surface area contributed by atoms with E-state index in [0.717, 1.165) is 21.6 Å². The molecule has 1 heterocycles. The first-order valence-corrected chi connectivity index (χ1v) is 4.68. The number of carbonyl (C=O) groups excluding carboxylic acids is 1. The van der Waals surface area contributed by atoms with Gasteiger partial charge in [-0.2, -0.15) is 0 Å². The average molecular weight is 207 g/mol. The van der Waals surface area contributed by atoms with E-state index in [1.807, 2.05) is 0 Å². The topological polar surface area (TPSA) is 59.6 Å². The highest BCUT2D eigenvalue weighted by Gasteiger charge is 2.06. The molecule has 1 aromatic heterocycles. The van der Waals surface area contributed by atoms with E-state index < -0.39 is 0 Å². The Morgan fingerprint density at radius 1 is 1.50 bits per heavy atom. The van der Waals surface area contributed by atoms with Crippen LogP contribution in [0.15, 0.2) is 32.4 Å². The SMILES string of the molecule is O=C=NCc1cccc2sc(=O)oc12. The van der Waals surface area contributed by atoms with E-state index in [2.05, 4.69) is 4.99 Å². The van der Waals surface area contributed by atoms with Gasteiger partial charge in [0, 0.05) is 5.56 Å². The number of isocyanates is 1. The summed E-state index contributed by atoms with van der Waals surface area (Å²) in [6.07, 6.45) is 1.45. The highest BCUT2D eigenvalue weighted by Crippen LogP contribution is 2.21. The average Bonchev–Trinajstić information content (AvgIpc) is 2.55. The quantitative estimate of drug-likeness (QED) is 0.556. The fourth-order valence-corrected chi connectivity index (χ4v) is 1.91. The molecule has 70 valence electrons. The van der Waals surface area contributed by atoms with E-state index in [1.165, 1.54) is 6.08 Å². The van der Waals surface area contributed by atoms with E-state index in [4.69, 9.17) is 4.42 Å². The van der Waals surface area contributed by atoms with Crippen molar-refractivity contribution in [2.45, 2.75) is 6.54 Å². The third-order valence-electron chi connectivity index (χ3n) is 1.75. The van der Waals surface area contributed by atoms with Gasteiger partial charge in [-0.1, -0.05) is 23.5 Å². The number of para-hydroxylation sites is 1. The Hall–Kier alpha value is -1.71. The van der Waals surface area contributed by atoms with E-state index in [0.29, 0.717) is 5.58 Å². The third-order valence-corrected chi connectivity index (χ3v) is 2.54. The second-order valence-electron chi connectivity index (χ2n) is 2.61. The first kappa shape index (κ1) is 8.87. The van der Waals surface area contributed by atoms with Crippen molar-refractivity contribution in [2.24, 2.45) is 4.99 Å². The monoisotopic (exact) mass is 207 g/mol. The first-order valence-electron chi connectivity index (χ1n) is 3.86. The van der Waals surface area contributed by atoms with Gasteiger partial charge in [0.05, 0.1) is 11.2 Å². The number of hydrogen-bond donors (Lipinski definition) is 0. The normalized spacial score (nSPS) is 10.0. The molecule has 14 heavy (non-hydrogen) atoms. The van der Waals surface area contributed by atoms with Crippen molar-refractivity contribution < 1.29 is 9.21 Å². The van der Waals surface area contributed by atoms with Gasteiger partial charge < -0.3 is 4.42 Å². The molecule has 0 atom stereocenters. The Labute approximate surface area is 82.5 Å². The maximum absolute atomic E-state index is 11.0. The summed E-state index contributed by atoms with van der Waals surface area (Å²) in [5.41, 5.74) is 1.24. The number of aliphatic imine (C=N–C) groups is 1. The molecule has 0 fully saturated rings. The van der Waals surface area contributed by atoms with Crippen molar-refractivity contribution in [3.63, 3.8) is 0 Å². The van der Waals surface area contributed by atoms with Gasteiger partial charge in [0.1, 0.15) is 0 Å². The van der Waals surface area contributed by atoms with Gasteiger partial charge in [0.15, 0.2) is 5.58 Å². The van der Waals surface area contributed by atoms with Crippen molar-refractivity contribution in [1.29, 1.82) is 0 Å². The third kappa shape index (κ3) is 1.51. The molecule has 0 radical (unpaired) electrons. The van der Waals surface area contributed by atoms with Gasteiger partial charge in [0.2, 0.25) is 6.08 Å². The van der Waals surface area contributed by atoms with Crippen LogP contribution in [0.4, 0.5) is 0 Å². The summed E-state index contributed by atoms with van der Waals surface area (Å²) < 4.78 is 5.74. The van der Waals surface area contributed by atoms with E-state index in [1.54, 1.807) is 18.2 Å². The minimum Gasteiger partial charge on any atom is -0.414 e. The summed E-state index contributed by atoms with van der Waals surface area (Å²) in [5, 5.41) is 0. The molecule has 0 aliphatic heterocycles. The molecule has 0 aliphatic carbocycles. The Bertz CT molecular complexity index is 563. The molecule has 0 N–H and O–H groups in total. The van der Waals surface area contributed by atoms with E-state index in [-0.39, 0.29) is 11.5 Å². The predicted molar refractivity (Wildman–Crippen MR) is 52.2 cm³/mol. The molecular weight excluding hydrogens is 202 g/mol. The van der Waals surface area contributed by atoms with E-state index in [9.17, 15) is 9.59 Å². The molecular formula is C9H5NO3S. The van der Waals surface area contributed by atoms with Crippen molar-refractivity contribution in [2.75, 3.05) is 0 Å². The highest BCUT2D eigenvalue weighted by atomic mass is 32.1. The second-order valence-corrected chi connectivity index (χ2v) is 3.58. The fourth-order valence-electron chi connectivity index (χ4n) is 1.19. The maximum atomic E-state index is 11.0. The molecule has 0 amide bonds. The number of benzene rings is 1. The van der Waals surface area contributed by atoms with Gasteiger partial charge in [-0.05, 0) is 6.07 Å². The molecule has 2 aromatic rings. The van der Waals surface area contributed by atoms with Gasteiger partial charge in [-0.3, -0.25) is 0 Å². The zero-order chi connectivity index (χ0) is 9.97. The number of rotatable bonds is 2. The van der Waals surface area contributed by atoms with Crippen molar-refractivity contribution >= 4 is 27.7 Å². The highest BCUT2D eigenvalue weighted by molar-refractivity contribution is 7.16. The van der Waals surface area contributed by atoms with Crippen LogP contribution in [0.25, 0.3) is 10.3 Å². The molecule has 0 bridgehead atoms. The lowest BCUT2D eigenvalue weighted by Crippen LogP contribution is -1.83. The molecule has 2 rings (SSSR count). The Kier molecular flexibility index (Phi) is 2.26. The Morgan fingerprint density at radius 2 is 2.36 bits per heavy atom. The van der Waals surface area contributed by atoms with Crippen LogP contribution in [0.1, 0.15) is 5.56 Å². The summed E-state index contributed by atoms with van der Waals surface area (Å²) >= 11 is 1.04. The summed E-state index contributed by atoms with van der Waals surface area (Å²) in [6.45, 7) is 0.195. The fraction of sp³-hybridized carbons (Fsp3) is 0.111. The molecule has 0 unspecified atom stereocenters. The lowest BCUT2D eigenvalue weighted by Gasteiger charge is -1.93. The van der Waals surface area contributed by atoms with Crippen LogP contribution in [0, 0.1) is 0 Å². The number of fused-ring (bicyclic) bond motifs is 1. The van der Waals surface area contributed by atoms with Crippen LogP contribution in [0.2, 0.25) is 0 Å². The van der Waals surface area contributed by atoms with Gasteiger partial charge in [-0.15, -0.1) is 0 Å². The molecule has 5 heteroatoms. The first-order chi connectivity index (χ1) is 6.81. The summed E-state index contributed by atoms with van der Waals surface area (Å²) in [4.78, 5) is 24.0. The second kappa shape index (κ2) is 3.57. The lowest BCUT2D eigenvalue weighted by atomic mass is 10.2. The van der Waals surface area contributed by atoms with Gasteiger partial charge >= 0.3 is 4.94 Å². The zero-order valence-corrected chi connectivity index (χ0v) is 7.84. The standard InChI is InChI=1S/C9H5NO3S/c11-5-10-4-6-2-1-3-7-8(6)13-9(12)14-7/h1-3H,4H2. The minimum absolute atomic E-state index is 0.195. The van der Waals surface area contributed by atoms with Crippen LogP contribution in [0.5, 0.6) is 0 Å². The van der Waals surface area contributed by atoms with Crippen molar-refractivity contribution in [3.8, 4) is 0 Å². The van der Waals surface area contributed by atoms with Crippen LogP contribution in [-0.2, 0) is 11.3 Å². The predicted octanol–water partition coefficient (Wildman–Crippen LogP) is 1.69. The summed E-state index contributed by atoms with van der Waals surface area (Å²) in [7, 11) is 0. The molecule has 0 saturated heterocycles. The molecule has 4 nitrogen and oxygen atoms in total. The summed E-state index contributed by atoms with van der Waals surface area (Å²) in [6, 6.07) is 5.35. The largest absolute Gasteiger partial charge is 0.414 e. The number of hydrogen-bond acceptors (Lipinski definition) is 5.